The van der Waals surface area contributed by atoms with E-state index in [1.807, 2.05) is 17.8 Å². The fourth-order valence-electron chi connectivity index (χ4n) is 2.04. The van der Waals surface area contributed by atoms with Gasteiger partial charge >= 0.3 is 6.03 Å². The van der Waals surface area contributed by atoms with Gasteiger partial charge in [0.1, 0.15) is 0 Å². The summed E-state index contributed by atoms with van der Waals surface area (Å²) in [6.45, 7) is 4.70. The Hall–Kier alpha value is -1.56. The number of hydrogen-bond acceptors (Lipinski definition) is 3. The Bertz CT molecular complexity index is 397. The lowest BCUT2D eigenvalue weighted by Gasteiger charge is -2.22. The maximum absolute atomic E-state index is 11.7. The van der Waals surface area contributed by atoms with Crippen molar-refractivity contribution in [2.45, 2.75) is 25.8 Å². The highest BCUT2D eigenvalue weighted by molar-refractivity contribution is 5.88. The lowest BCUT2D eigenvalue weighted by Crippen LogP contribution is -2.31. The van der Waals surface area contributed by atoms with Crippen LogP contribution in [0.1, 0.15) is 25.8 Å². The van der Waals surface area contributed by atoms with Crippen molar-refractivity contribution in [3.8, 4) is 0 Å². The van der Waals surface area contributed by atoms with E-state index in [1.54, 1.807) is 18.1 Å². The number of rotatable bonds is 3. The average molecular weight is 251 g/mol. The number of nitrogens with one attached hydrogen (secondary N) is 2. The molecule has 2 N–H and O–H groups in total. The molecule has 0 bridgehead atoms. The van der Waals surface area contributed by atoms with E-state index in [2.05, 4.69) is 15.7 Å². The van der Waals surface area contributed by atoms with Gasteiger partial charge in [-0.25, -0.2) is 4.79 Å². The van der Waals surface area contributed by atoms with Crippen molar-refractivity contribution in [1.82, 2.24) is 20.0 Å². The minimum absolute atomic E-state index is 0.0950. The summed E-state index contributed by atoms with van der Waals surface area (Å²) in [5.41, 5.74) is 0.763. The molecule has 0 atom stereocenters. The van der Waals surface area contributed by atoms with Crippen molar-refractivity contribution in [1.29, 1.82) is 0 Å². The van der Waals surface area contributed by atoms with Crippen LogP contribution in [0.15, 0.2) is 12.4 Å². The fourth-order valence-corrected chi connectivity index (χ4v) is 2.04. The van der Waals surface area contributed by atoms with Crippen molar-refractivity contribution in [2.24, 2.45) is 0 Å². The van der Waals surface area contributed by atoms with Crippen LogP contribution in [0.4, 0.5) is 10.5 Å². The number of amides is 2. The number of anilines is 1. The molecule has 0 aliphatic carbocycles. The number of carbonyl (C=O) groups is 1. The van der Waals surface area contributed by atoms with Crippen LogP contribution >= 0.6 is 0 Å². The third kappa shape index (κ3) is 3.01. The molecule has 2 heterocycles. The number of hydrogen-bond donors (Lipinski definition) is 2. The molecule has 1 aromatic rings. The summed E-state index contributed by atoms with van der Waals surface area (Å²) in [6.07, 6.45) is 5.80. The smallest absolute Gasteiger partial charge is 0.321 e. The summed E-state index contributed by atoms with van der Waals surface area (Å²) in [5.74, 6) is 0. The average Bonchev–Trinajstić information content (AvgIpc) is 2.87. The zero-order valence-electron chi connectivity index (χ0n) is 11.0. The molecule has 0 aromatic carbocycles. The Morgan fingerprint density at radius 3 is 3.00 bits per heavy atom. The van der Waals surface area contributed by atoms with Gasteiger partial charge in [0.05, 0.1) is 17.9 Å². The highest BCUT2D eigenvalue weighted by atomic mass is 16.2. The summed E-state index contributed by atoms with van der Waals surface area (Å²) < 4.78 is 1.96. The largest absolute Gasteiger partial charge is 0.328 e. The van der Waals surface area contributed by atoms with Crippen molar-refractivity contribution < 1.29 is 4.79 Å². The number of carbonyl (C=O) groups excluding carboxylic acids is 1. The monoisotopic (exact) mass is 251 g/mol. The highest BCUT2D eigenvalue weighted by Gasteiger charge is 2.16. The number of aromatic nitrogens is 2. The van der Waals surface area contributed by atoms with Crippen LogP contribution in [0.5, 0.6) is 0 Å². The topological polar surface area (TPSA) is 62.2 Å². The van der Waals surface area contributed by atoms with Crippen LogP contribution in [-0.2, 0) is 0 Å². The first-order valence-electron chi connectivity index (χ1n) is 6.47. The summed E-state index contributed by atoms with van der Waals surface area (Å²) in [5, 5.41) is 10.5. The highest BCUT2D eigenvalue weighted by Crippen LogP contribution is 2.19. The molecule has 1 aromatic heterocycles. The quantitative estimate of drug-likeness (QED) is 0.851. The number of urea groups is 1. The molecular formula is C12H21N5O. The second-order valence-corrected chi connectivity index (χ2v) is 4.63. The summed E-state index contributed by atoms with van der Waals surface area (Å²) >= 11 is 0. The molecule has 1 fully saturated rings. The molecule has 0 unspecified atom stereocenters. The van der Waals surface area contributed by atoms with Crippen molar-refractivity contribution >= 4 is 11.7 Å². The van der Waals surface area contributed by atoms with Gasteiger partial charge in [-0.3, -0.25) is 4.68 Å². The lowest BCUT2D eigenvalue weighted by atomic mass is 10.1. The third-order valence-electron chi connectivity index (χ3n) is 3.36. The molecule has 1 aliphatic rings. The Morgan fingerprint density at radius 2 is 2.33 bits per heavy atom. The first-order valence-corrected chi connectivity index (χ1v) is 6.47. The predicted molar refractivity (Wildman–Crippen MR) is 70.7 cm³/mol. The van der Waals surface area contributed by atoms with Gasteiger partial charge in [-0.15, -0.1) is 0 Å². The van der Waals surface area contributed by atoms with Gasteiger partial charge in [0, 0.05) is 19.8 Å². The molecule has 0 radical (unpaired) electrons. The Labute approximate surface area is 107 Å². The van der Waals surface area contributed by atoms with Gasteiger partial charge in [0.15, 0.2) is 0 Å². The summed E-state index contributed by atoms with van der Waals surface area (Å²) in [6, 6.07) is 0.350. The van der Waals surface area contributed by atoms with Crippen LogP contribution in [0.3, 0.4) is 0 Å². The second kappa shape index (κ2) is 5.86. The SMILES string of the molecule is CCN(C)C(=O)Nc1cnn(C2CCNCC2)c1. The van der Waals surface area contributed by atoms with Crippen LogP contribution in [-0.4, -0.2) is 47.4 Å². The van der Waals surface area contributed by atoms with Crippen LogP contribution in [0, 0.1) is 0 Å². The van der Waals surface area contributed by atoms with E-state index < -0.39 is 0 Å². The molecule has 2 rings (SSSR count). The van der Waals surface area contributed by atoms with Crippen molar-refractivity contribution in [3.05, 3.63) is 12.4 Å². The molecule has 6 heteroatoms. The number of piperidine rings is 1. The minimum Gasteiger partial charge on any atom is -0.328 e. The predicted octanol–water partition coefficient (Wildman–Crippen LogP) is 1.29. The standard InChI is InChI=1S/C12H21N5O/c1-3-16(2)12(18)15-10-8-14-17(9-10)11-4-6-13-7-5-11/h8-9,11,13H,3-7H2,1-2H3,(H,15,18). The fraction of sp³-hybridized carbons (Fsp3) is 0.667. The maximum atomic E-state index is 11.7. The van der Waals surface area contributed by atoms with Gasteiger partial charge in [-0.05, 0) is 32.9 Å². The molecule has 0 spiro atoms. The normalized spacial score (nSPS) is 16.6. The van der Waals surface area contributed by atoms with E-state index in [-0.39, 0.29) is 6.03 Å². The molecule has 0 saturated carbocycles. The zero-order valence-corrected chi connectivity index (χ0v) is 11.0. The van der Waals surface area contributed by atoms with Crippen LogP contribution in [0.2, 0.25) is 0 Å². The van der Waals surface area contributed by atoms with E-state index in [4.69, 9.17) is 0 Å². The molecule has 1 aliphatic heterocycles. The molecule has 6 nitrogen and oxygen atoms in total. The maximum Gasteiger partial charge on any atom is 0.321 e. The molecule has 2 amide bonds. The van der Waals surface area contributed by atoms with Gasteiger partial charge in [0.25, 0.3) is 0 Å². The first kappa shape index (κ1) is 12.9. The van der Waals surface area contributed by atoms with Crippen LogP contribution < -0.4 is 10.6 Å². The van der Waals surface area contributed by atoms with Gasteiger partial charge in [-0.2, -0.15) is 5.10 Å². The Kier molecular flexibility index (Phi) is 4.19. The van der Waals surface area contributed by atoms with E-state index in [0.29, 0.717) is 12.6 Å². The summed E-state index contributed by atoms with van der Waals surface area (Å²) in [4.78, 5) is 13.3. The molecule has 100 valence electrons. The second-order valence-electron chi connectivity index (χ2n) is 4.63. The van der Waals surface area contributed by atoms with Crippen molar-refractivity contribution in [3.63, 3.8) is 0 Å². The van der Waals surface area contributed by atoms with Gasteiger partial charge in [-0.1, -0.05) is 0 Å². The van der Waals surface area contributed by atoms with Gasteiger partial charge < -0.3 is 15.5 Å². The van der Waals surface area contributed by atoms with Crippen molar-refractivity contribution in [2.75, 3.05) is 32.0 Å². The van der Waals surface area contributed by atoms with E-state index >= 15 is 0 Å². The minimum atomic E-state index is -0.0950. The van der Waals surface area contributed by atoms with Crippen LogP contribution in [0.25, 0.3) is 0 Å². The third-order valence-corrected chi connectivity index (χ3v) is 3.36. The van der Waals surface area contributed by atoms with Gasteiger partial charge in [0.2, 0.25) is 0 Å². The molecular weight excluding hydrogens is 230 g/mol. The first-order chi connectivity index (χ1) is 8.70. The van der Waals surface area contributed by atoms with E-state index in [9.17, 15) is 4.79 Å². The lowest BCUT2D eigenvalue weighted by molar-refractivity contribution is 0.224. The molecule has 1 saturated heterocycles. The van der Waals surface area contributed by atoms with E-state index in [0.717, 1.165) is 31.6 Å². The molecule has 18 heavy (non-hydrogen) atoms. The summed E-state index contributed by atoms with van der Waals surface area (Å²) in [7, 11) is 1.77. The number of nitrogens with zero attached hydrogens (tertiary/aromatic N) is 3. The Balaban J connectivity index is 1.95. The Morgan fingerprint density at radius 1 is 1.61 bits per heavy atom. The van der Waals surface area contributed by atoms with E-state index in [1.165, 1.54) is 0 Å². The zero-order chi connectivity index (χ0) is 13.0.